The quantitative estimate of drug-likeness (QED) is 0.560. The minimum atomic E-state index is -0.109. The van der Waals surface area contributed by atoms with Crippen molar-refractivity contribution < 1.29 is 9.88 Å². The van der Waals surface area contributed by atoms with Crippen molar-refractivity contribution >= 4 is 0 Å². The van der Waals surface area contributed by atoms with Gasteiger partial charge in [-0.3, -0.25) is 0 Å². The first-order valence-electron chi connectivity index (χ1n) is 4.18. The second-order valence-electron chi connectivity index (χ2n) is 5.02. The summed E-state index contributed by atoms with van der Waals surface area (Å²) in [4.78, 5) is 10.6. The molecular formula is C8H18N2O2. The summed E-state index contributed by atoms with van der Waals surface area (Å²) in [5.74, 6) is 0. The van der Waals surface area contributed by atoms with E-state index in [0.717, 1.165) is 0 Å². The van der Waals surface area contributed by atoms with Gasteiger partial charge in [-0.1, -0.05) is 0 Å². The molecule has 1 aliphatic rings. The van der Waals surface area contributed by atoms with Gasteiger partial charge in [-0.05, 0) is 52.0 Å². The fourth-order valence-corrected chi connectivity index (χ4v) is 0.631. The Morgan fingerprint density at radius 2 is 0.917 bits per heavy atom. The zero-order chi connectivity index (χ0) is 9.57. The van der Waals surface area contributed by atoms with Gasteiger partial charge in [0.15, 0.2) is 0 Å². The van der Waals surface area contributed by atoms with E-state index in [-0.39, 0.29) is 11.1 Å². The third-order valence-corrected chi connectivity index (χ3v) is 1.39. The maximum absolute atomic E-state index is 5.31. The summed E-state index contributed by atoms with van der Waals surface area (Å²) in [5.41, 5.74) is -0.219. The van der Waals surface area contributed by atoms with Gasteiger partial charge in [0, 0.05) is 0 Å². The fourth-order valence-electron chi connectivity index (χ4n) is 0.631. The lowest BCUT2D eigenvalue weighted by Crippen LogP contribution is -2.63. The van der Waals surface area contributed by atoms with E-state index in [1.807, 2.05) is 41.5 Å². The van der Waals surface area contributed by atoms with Gasteiger partial charge < -0.3 is 0 Å². The van der Waals surface area contributed by atoms with Crippen molar-refractivity contribution in [1.29, 1.82) is 0 Å². The summed E-state index contributed by atoms with van der Waals surface area (Å²) in [6.07, 6.45) is 0. The minimum Gasteiger partial charge on any atom is -0.152 e. The molecule has 0 aromatic carbocycles. The van der Waals surface area contributed by atoms with Crippen molar-refractivity contribution in [3.05, 3.63) is 0 Å². The summed E-state index contributed by atoms with van der Waals surface area (Å²) in [7, 11) is 0. The maximum Gasteiger partial charge on any atom is 0.0693 e. The van der Waals surface area contributed by atoms with Crippen molar-refractivity contribution in [2.45, 2.75) is 52.6 Å². The summed E-state index contributed by atoms with van der Waals surface area (Å²) in [6, 6.07) is 0. The highest BCUT2D eigenvalue weighted by Crippen LogP contribution is 2.30. The number of hydrogen-bond donors (Lipinski definition) is 0. The smallest absolute Gasteiger partial charge is 0.0693 e. The van der Waals surface area contributed by atoms with Crippen LogP contribution >= 0.6 is 0 Å². The molecule has 0 N–H and O–H groups in total. The Bertz CT molecular complexity index is 145. The molecule has 1 aliphatic heterocycles. The van der Waals surface area contributed by atoms with Crippen LogP contribution in [0, 0.1) is 0 Å². The van der Waals surface area contributed by atoms with Crippen LogP contribution in [0.4, 0.5) is 0 Å². The first-order chi connectivity index (χ1) is 5.21. The van der Waals surface area contributed by atoms with E-state index >= 15 is 0 Å². The van der Waals surface area contributed by atoms with Crippen molar-refractivity contribution in [2.75, 3.05) is 0 Å². The largest absolute Gasteiger partial charge is 0.152 e. The monoisotopic (exact) mass is 174 g/mol. The summed E-state index contributed by atoms with van der Waals surface area (Å²) >= 11 is 0. The van der Waals surface area contributed by atoms with Gasteiger partial charge in [-0.25, -0.2) is 0 Å². The molecular weight excluding hydrogens is 156 g/mol. The molecule has 4 nitrogen and oxygen atoms in total. The van der Waals surface area contributed by atoms with Crippen LogP contribution < -0.4 is 0 Å². The normalized spacial score (nSPS) is 22.5. The Kier molecular flexibility index (Phi) is 2.21. The van der Waals surface area contributed by atoms with E-state index in [9.17, 15) is 0 Å². The first-order valence-corrected chi connectivity index (χ1v) is 4.18. The van der Waals surface area contributed by atoms with Crippen molar-refractivity contribution in [3.8, 4) is 0 Å². The molecule has 0 aromatic rings. The molecule has 1 saturated heterocycles. The number of rotatable bonds is 0. The van der Waals surface area contributed by atoms with Gasteiger partial charge in [0.25, 0.3) is 0 Å². The van der Waals surface area contributed by atoms with E-state index in [0.29, 0.717) is 0 Å². The van der Waals surface area contributed by atoms with Crippen molar-refractivity contribution in [2.24, 2.45) is 0 Å². The van der Waals surface area contributed by atoms with Gasteiger partial charge in [-0.15, -0.1) is 0 Å². The zero-order valence-corrected chi connectivity index (χ0v) is 8.71. The molecule has 1 rings (SSSR count). The minimum absolute atomic E-state index is 0.109. The molecule has 0 aromatic heterocycles. The Morgan fingerprint density at radius 3 is 1.08 bits per heavy atom. The van der Waals surface area contributed by atoms with Crippen LogP contribution in [0.15, 0.2) is 0 Å². The molecule has 0 amide bonds. The molecule has 72 valence electrons. The molecule has 1 heterocycles. The lowest BCUT2D eigenvalue weighted by Gasteiger charge is -2.48. The van der Waals surface area contributed by atoms with Gasteiger partial charge in [0.2, 0.25) is 0 Å². The van der Waals surface area contributed by atoms with Crippen molar-refractivity contribution in [3.63, 3.8) is 0 Å². The number of nitrogens with zero attached hydrogens (tertiary/aromatic N) is 2. The average molecular weight is 174 g/mol. The Morgan fingerprint density at radius 1 is 0.667 bits per heavy atom. The van der Waals surface area contributed by atoms with E-state index in [4.69, 9.17) is 9.88 Å². The highest BCUT2D eigenvalue weighted by molar-refractivity contribution is 4.69. The van der Waals surface area contributed by atoms with Crippen LogP contribution in [0.5, 0.6) is 0 Å². The molecule has 0 atom stereocenters. The highest BCUT2D eigenvalue weighted by atomic mass is 17.3. The summed E-state index contributed by atoms with van der Waals surface area (Å²) in [5, 5.41) is 2.97. The van der Waals surface area contributed by atoms with E-state index in [1.54, 1.807) is 0 Å². The number of hydroxylamine groups is 4. The standard InChI is InChI=1S/C8H18N2O2/c1-7(2,3)9-11-10(12-9)8(4,5)6/h1-6H3. The van der Waals surface area contributed by atoms with Gasteiger partial charge in [0.05, 0.1) is 11.1 Å². The second-order valence-corrected chi connectivity index (χ2v) is 5.02. The van der Waals surface area contributed by atoms with Crippen LogP contribution in [-0.4, -0.2) is 21.5 Å². The Balaban J connectivity index is 2.39. The maximum atomic E-state index is 5.31. The SMILES string of the molecule is CC(C)(C)N1ON(C(C)(C)C)O1. The molecule has 4 heteroatoms. The molecule has 0 unspecified atom stereocenters. The van der Waals surface area contributed by atoms with Crippen LogP contribution in [-0.2, 0) is 9.88 Å². The van der Waals surface area contributed by atoms with Crippen LogP contribution in [0.1, 0.15) is 41.5 Å². The molecule has 12 heavy (non-hydrogen) atoms. The molecule has 0 aliphatic carbocycles. The summed E-state index contributed by atoms with van der Waals surface area (Å²) < 4.78 is 0. The van der Waals surface area contributed by atoms with E-state index < -0.39 is 0 Å². The number of hydrogen-bond acceptors (Lipinski definition) is 4. The average Bonchev–Trinajstić information content (AvgIpc) is 1.46. The molecule has 0 saturated carbocycles. The highest BCUT2D eigenvalue weighted by Gasteiger charge is 2.43. The second kappa shape index (κ2) is 2.67. The Labute approximate surface area is 73.9 Å². The van der Waals surface area contributed by atoms with E-state index in [2.05, 4.69) is 0 Å². The molecule has 1 fully saturated rings. The molecule has 0 bridgehead atoms. The lowest BCUT2D eigenvalue weighted by molar-refractivity contribution is -0.741. The van der Waals surface area contributed by atoms with Gasteiger partial charge >= 0.3 is 0 Å². The van der Waals surface area contributed by atoms with E-state index in [1.165, 1.54) is 10.5 Å². The third kappa shape index (κ3) is 1.95. The van der Waals surface area contributed by atoms with Crippen molar-refractivity contribution in [1.82, 2.24) is 10.5 Å². The first kappa shape index (κ1) is 9.92. The zero-order valence-electron chi connectivity index (χ0n) is 8.71. The van der Waals surface area contributed by atoms with Crippen LogP contribution in [0.25, 0.3) is 0 Å². The molecule has 0 radical (unpaired) electrons. The van der Waals surface area contributed by atoms with Crippen LogP contribution in [0.2, 0.25) is 0 Å². The fraction of sp³-hybridized carbons (Fsp3) is 1.00. The third-order valence-electron chi connectivity index (χ3n) is 1.39. The van der Waals surface area contributed by atoms with Gasteiger partial charge in [0.1, 0.15) is 0 Å². The predicted molar refractivity (Wildman–Crippen MR) is 45.4 cm³/mol. The Hall–Kier alpha value is -0.160. The van der Waals surface area contributed by atoms with Gasteiger partial charge in [-0.2, -0.15) is 9.88 Å². The molecule has 0 spiro atoms. The topological polar surface area (TPSA) is 24.9 Å². The van der Waals surface area contributed by atoms with Crippen LogP contribution in [0.3, 0.4) is 0 Å². The summed E-state index contributed by atoms with van der Waals surface area (Å²) in [6.45, 7) is 12.1. The predicted octanol–water partition coefficient (Wildman–Crippen LogP) is 1.89. The lowest BCUT2D eigenvalue weighted by atomic mass is 10.1.